The fraction of sp³-hybridized carbons (Fsp3) is 0.304. The lowest BCUT2D eigenvalue weighted by Gasteiger charge is -2.22. The third kappa shape index (κ3) is 6.64. The van der Waals surface area contributed by atoms with Gasteiger partial charge in [0.25, 0.3) is 0 Å². The first-order valence-electron chi connectivity index (χ1n) is 9.65. The normalized spacial score (nSPS) is 13.2. The standard InChI is InChI=1S/C23H27NO5/c1-27-21-8-4-6-18(12-21)16-28-17-20(25)14-24(15-22-9-5-11-29-22)13-19-7-2-3-10-23(19)26/h2-12,20,25-26H,13-17H2,1H3/p+1/t20-/m1/s1. The molecule has 154 valence electrons. The molecule has 2 atom stereocenters. The summed E-state index contributed by atoms with van der Waals surface area (Å²) >= 11 is 0. The van der Waals surface area contributed by atoms with Crippen LogP contribution in [-0.4, -0.2) is 36.6 Å². The van der Waals surface area contributed by atoms with Crippen LogP contribution < -0.4 is 9.64 Å². The van der Waals surface area contributed by atoms with E-state index in [2.05, 4.69) is 0 Å². The van der Waals surface area contributed by atoms with E-state index in [0.717, 1.165) is 27.5 Å². The van der Waals surface area contributed by atoms with Crippen LogP contribution in [0.3, 0.4) is 0 Å². The van der Waals surface area contributed by atoms with Crippen molar-refractivity contribution < 1.29 is 29.0 Å². The molecule has 2 aromatic carbocycles. The summed E-state index contributed by atoms with van der Waals surface area (Å²) in [6, 6.07) is 18.7. The Labute approximate surface area is 170 Å². The van der Waals surface area contributed by atoms with Gasteiger partial charge in [0.05, 0.1) is 26.6 Å². The topological polar surface area (TPSA) is 76.5 Å². The molecule has 0 saturated heterocycles. The van der Waals surface area contributed by atoms with E-state index in [1.165, 1.54) is 0 Å². The fourth-order valence-corrected chi connectivity index (χ4v) is 3.26. The second kappa shape index (κ2) is 10.7. The molecule has 6 nitrogen and oxygen atoms in total. The number of furan rings is 1. The highest BCUT2D eigenvalue weighted by molar-refractivity contribution is 5.30. The summed E-state index contributed by atoms with van der Waals surface area (Å²) in [5.74, 6) is 1.87. The van der Waals surface area contributed by atoms with Crippen LogP contribution in [0.2, 0.25) is 0 Å². The second-order valence-electron chi connectivity index (χ2n) is 7.04. The largest absolute Gasteiger partial charge is 0.507 e. The molecule has 0 aliphatic rings. The summed E-state index contributed by atoms with van der Waals surface area (Å²) in [4.78, 5) is 1.07. The molecule has 0 fully saturated rings. The van der Waals surface area contributed by atoms with Crippen LogP contribution in [0.15, 0.2) is 71.3 Å². The van der Waals surface area contributed by atoms with E-state index in [9.17, 15) is 10.2 Å². The van der Waals surface area contributed by atoms with Crippen LogP contribution in [0.1, 0.15) is 16.9 Å². The lowest BCUT2D eigenvalue weighted by Crippen LogP contribution is -3.10. The van der Waals surface area contributed by atoms with Crippen LogP contribution >= 0.6 is 0 Å². The second-order valence-corrected chi connectivity index (χ2v) is 7.04. The average molecular weight is 398 g/mol. The van der Waals surface area contributed by atoms with Gasteiger partial charge in [0.1, 0.15) is 37.2 Å². The van der Waals surface area contributed by atoms with Gasteiger partial charge in [-0.05, 0) is 42.0 Å². The Kier molecular flexibility index (Phi) is 7.69. The van der Waals surface area contributed by atoms with Crippen LogP contribution in [0, 0.1) is 0 Å². The number of ether oxygens (including phenoxy) is 2. The minimum atomic E-state index is -0.642. The molecule has 0 amide bonds. The Morgan fingerprint density at radius 2 is 1.90 bits per heavy atom. The Balaban J connectivity index is 1.55. The van der Waals surface area contributed by atoms with Gasteiger partial charge in [0, 0.05) is 5.56 Å². The Hall–Kier alpha value is -2.80. The average Bonchev–Trinajstić information content (AvgIpc) is 3.23. The quantitative estimate of drug-likeness (QED) is 0.462. The highest BCUT2D eigenvalue weighted by Crippen LogP contribution is 2.15. The molecule has 0 bridgehead atoms. The van der Waals surface area contributed by atoms with Gasteiger partial charge < -0.3 is 29.0 Å². The predicted octanol–water partition coefficient (Wildman–Crippen LogP) is 2.16. The minimum absolute atomic E-state index is 0.222. The molecule has 3 N–H and O–H groups in total. The van der Waals surface area contributed by atoms with Gasteiger partial charge >= 0.3 is 0 Å². The monoisotopic (exact) mass is 398 g/mol. The zero-order chi connectivity index (χ0) is 20.5. The molecule has 3 rings (SSSR count). The SMILES string of the molecule is COc1cccc(COC[C@H](O)C[NH+](Cc2ccco2)Cc2ccccc2O)c1. The number of aromatic hydroxyl groups is 1. The number of aliphatic hydroxyl groups excluding tert-OH is 1. The Morgan fingerprint density at radius 3 is 2.66 bits per heavy atom. The number of quaternary nitrogens is 1. The number of nitrogens with one attached hydrogen (secondary N) is 1. The van der Waals surface area contributed by atoms with Crippen molar-refractivity contribution in [3.63, 3.8) is 0 Å². The number of phenols is 1. The maximum atomic E-state index is 10.5. The first-order valence-corrected chi connectivity index (χ1v) is 9.65. The third-order valence-electron chi connectivity index (χ3n) is 4.67. The summed E-state index contributed by atoms with van der Waals surface area (Å²) in [5.41, 5.74) is 1.82. The molecule has 29 heavy (non-hydrogen) atoms. The number of rotatable bonds is 11. The van der Waals surface area contributed by atoms with Crippen molar-refractivity contribution in [1.82, 2.24) is 0 Å². The van der Waals surface area contributed by atoms with E-state index in [0.29, 0.717) is 26.2 Å². The third-order valence-corrected chi connectivity index (χ3v) is 4.67. The van der Waals surface area contributed by atoms with Gasteiger partial charge in [-0.15, -0.1) is 0 Å². The van der Waals surface area contributed by atoms with Crippen molar-refractivity contribution in [2.45, 2.75) is 25.8 Å². The molecule has 6 heteroatoms. The molecule has 3 aromatic rings. The molecule has 0 radical (unpaired) electrons. The van der Waals surface area contributed by atoms with Crippen molar-refractivity contribution in [3.05, 3.63) is 83.8 Å². The highest BCUT2D eigenvalue weighted by Gasteiger charge is 2.19. The summed E-state index contributed by atoms with van der Waals surface area (Å²) in [7, 11) is 1.63. The van der Waals surface area contributed by atoms with Gasteiger partial charge in [0.2, 0.25) is 0 Å². The zero-order valence-electron chi connectivity index (χ0n) is 16.6. The molecule has 1 unspecified atom stereocenters. The number of methoxy groups -OCH3 is 1. The van der Waals surface area contributed by atoms with Crippen molar-refractivity contribution in [1.29, 1.82) is 0 Å². The van der Waals surface area contributed by atoms with Gasteiger partial charge in [-0.3, -0.25) is 0 Å². The first kappa shape index (κ1) is 20.9. The zero-order valence-corrected chi connectivity index (χ0v) is 16.6. The molecule has 1 heterocycles. The van der Waals surface area contributed by atoms with Crippen LogP contribution in [-0.2, 0) is 24.4 Å². The maximum Gasteiger partial charge on any atom is 0.157 e. The molecule has 0 saturated carbocycles. The van der Waals surface area contributed by atoms with E-state index in [-0.39, 0.29) is 12.4 Å². The van der Waals surface area contributed by atoms with E-state index in [1.807, 2.05) is 48.5 Å². The smallest absolute Gasteiger partial charge is 0.157 e. The van der Waals surface area contributed by atoms with Crippen LogP contribution in [0.4, 0.5) is 0 Å². The van der Waals surface area contributed by atoms with Gasteiger partial charge in [-0.1, -0.05) is 24.3 Å². The number of benzene rings is 2. The van der Waals surface area contributed by atoms with Gasteiger partial charge in [-0.2, -0.15) is 0 Å². The first-order chi connectivity index (χ1) is 14.1. The van der Waals surface area contributed by atoms with Crippen LogP contribution in [0.25, 0.3) is 0 Å². The number of hydrogen-bond donors (Lipinski definition) is 3. The van der Waals surface area contributed by atoms with Crippen molar-refractivity contribution in [2.24, 2.45) is 0 Å². The summed E-state index contributed by atoms with van der Waals surface area (Å²) in [6.45, 7) is 2.27. The predicted molar refractivity (Wildman–Crippen MR) is 109 cm³/mol. The minimum Gasteiger partial charge on any atom is -0.507 e. The van der Waals surface area contributed by atoms with E-state index < -0.39 is 6.10 Å². The lowest BCUT2D eigenvalue weighted by atomic mass is 10.1. The van der Waals surface area contributed by atoms with Crippen molar-refractivity contribution in [3.8, 4) is 11.5 Å². The maximum absolute atomic E-state index is 10.5. The summed E-state index contributed by atoms with van der Waals surface area (Å²) in [6.07, 6.45) is 0.997. The van der Waals surface area contributed by atoms with Gasteiger partial charge in [-0.25, -0.2) is 0 Å². The number of hydrogen-bond acceptors (Lipinski definition) is 5. The molecule has 1 aromatic heterocycles. The molecular weight excluding hydrogens is 370 g/mol. The number of para-hydroxylation sites is 1. The van der Waals surface area contributed by atoms with Crippen LogP contribution in [0.5, 0.6) is 11.5 Å². The summed E-state index contributed by atoms with van der Waals surface area (Å²) in [5, 5.41) is 20.6. The summed E-state index contributed by atoms with van der Waals surface area (Å²) < 4.78 is 16.4. The molecular formula is C23H28NO5+. The molecule has 0 aliphatic heterocycles. The highest BCUT2D eigenvalue weighted by atomic mass is 16.5. The fourth-order valence-electron chi connectivity index (χ4n) is 3.26. The van der Waals surface area contributed by atoms with Gasteiger partial charge in [0.15, 0.2) is 5.76 Å². The van der Waals surface area contributed by atoms with E-state index >= 15 is 0 Å². The van der Waals surface area contributed by atoms with E-state index in [1.54, 1.807) is 25.5 Å². The number of aliphatic hydroxyl groups is 1. The van der Waals surface area contributed by atoms with Crippen molar-refractivity contribution >= 4 is 0 Å². The lowest BCUT2D eigenvalue weighted by molar-refractivity contribution is -0.931. The number of phenolic OH excluding ortho intramolecular Hbond substituents is 1. The van der Waals surface area contributed by atoms with Crippen molar-refractivity contribution in [2.75, 3.05) is 20.3 Å². The Bertz CT molecular complexity index is 865. The Morgan fingerprint density at radius 1 is 1.03 bits per heavy atom. The molecule has 0 aliphatic carbocycles. The van der Waals surface area contributed by atoms with E-state index in [4.69, 9.17) is 13.9 Å². The molecule has 0 spiro atoms.